The van der Waals surface area contributed by atoms with Crippen LogP contribution in [-0.2, 0) is 25.7 Å². The number of halogens is 5. The fourth-order valence-electron chi connectivity index (χ4n) is 3.79. The van der Waals surface area contributed by atoms with E-state index in [2.05, 4.69) is 9.97 Å². The van der Waals surface area contributed by atoms with Crippen LogP contribution in [0.25, 0.3) is 0 Å². The van der Waals surface area contributed by atoms with Gasteiger partial charge in [0.15, 0.2) is 0 Å². The molecule has 1 aliphatic heterocycles. The van der Waals surface area contributed by atoms with E-state index in [0.717, 1.165) is 24.4 Å². The minimum absolute atomic E-state index is 0.0146. The van der Waals surface area contributed by atoms with Crippen molar-refractivity contribution in [3.05, 3.63) is 81.0 Å². The molecule has 0 amide bonds. The lowest BCUT2D eigenvalue weighted by Gasteiger charge is -2.28. The van der Waals surface area contributed by atoms with Crippen LogP contribution in [0.2, 0.25) is 0 Å². The van der Waals surface area contributed by atoms with E-state index in [1.54, 1.807) is 6.07 Å². The molecule has 0 spiro atoms. The van der Waals surface area contributed by atoms with Crippen LogP contribution in [0.1, 0.15) is 36.1 Å². The summed E-state index contributed by atoms with van der Waals surface area (Å²) in [6.45, 7) is 4.15. The molecule has 0 N–H and O–H groups in total. The largest absolute Gasteiger partial charge is 0.473 e. The Hall–Kier alpha value is -3.50. The average Bonchev–Trinajstić information content (AvgIpc) is 2.98. The highest BCUT2D eigenvalue weighted by molar-refractivity contribution is 5.48. The van der Waals surface area contributed by atoms with Gasteiger partial charge in [0, 0.05) is 37.5 Å². The van der Waals surface area contributed by atoms with Crippen molar-refractivity contribution in [2.45, 2.75) is 45.1 Å². The Morgan fingerprint density at radius 3 is 2.38 bits per heavy atom. The molecule has 0 aliphatic carbocycles. The third-order valence-electron chi connectivity index (χ3n) is 5.85. The van der Waals surface area contributed by atoms with E-state index in [9.17, 15) is 26.7 Å². The number of hydrogen-bond acceptors (Lipinski definition) is 5. The topological polar surface area (TPSA) is 60.2 Å². The van der Waals surface area contributed by atoms with E-state index in [1.165, 1.54) is 4.57 Å². The van der Waals surface area contributed by atoms with Gasteiger partial charge in [0.1, 0.15) is 24.1 Å². The zero-order valence-electron chi connectivity index (χ0n) is 18.6. The Morgan fingerprint density at radius 1 is 1.06 bits per heavy atom. The summed E-state index contributed by atoms with van der Waals surface area (Å²) in [5.41, 5.74) is -2.01. The van der Waals surface area contributed by atoms with Gasteiger partial charge in [-0.25, -0.2) is 13.6 Å². The number of alkyl halides is 3. The maximum absolute atomic E-state index is 14.6. The molecule has 4 rings (SSSR count). The van der Waals surface area contributed by atoms with Crippen molar-refractivity contribution in [1.29, 1.82) is 0 Å². The molecule has 180 valence electrons. The van der Waals surface area contributed by atoms with Crippen LogP contribution in [0, 0.1) is 11.6 Å². The molecule has 0 bridgehead atoms. The quantitative estimate of drug-likeness (QED) is 0.509. The number of anilines is 1. The van der Waals surface area contributed by atoms with Crippen LogP contribution in [0.4, 0.5) is 27.8 Å². The maximum atomic E-state index is 14.6. The minimum Gasteiger partial charge on any atom is -0.473 e. The van der Waals surface area contributed by atoms with Crippen molar-refractivity contribution in [2.75, 3.05) is 11.9 Å². The number of benzene rings is 1. The minimum atomic E-state index is -4.61. The Balaban J connectivity index is 1.51. The van der Waals surface area contributed by atoms with E-state index < -0.39 is 35.5 Å². The molecule has 0 unspecified atom stereocenters. The van der Waals surface area contributed by atoms with Crippen LogP contribution in [-0.4, -0.2) is 27.1 Å². The van der Waals surface area contributed by atoms with Gasteiger partial charge in [-0.15, -0.1) is 0 Å². The van der Waals surface area contributed by atoms with Gasteiger partial charge in [-0.3, -0.25) is 9.55 Å². The van der Waals surface area contributed by atoms with Crippen LogP contribution in [0.3, 0.4) is 0 Å². The number of fused-ring (bicyclic) bond motifs is 1. The predicted octanol–water partition coefficient (Wildman–Crippen LogP) is 4.33. The molecule has 0 saturated heterocycles. The molecule has 6 nitrogen and oxygen atoms in total. The fourth-order valence-corrected chi connectivity index (χ4v) is 3.79. The predicted molar refractivity (Wildman–Crippen MR) is 114 cm³/mol. The molecule has 3 heterocycles. The first-order chi connectivity index (χ1) is 15.8. The molecular formula is C23H21F5N4O2. The second-order valence-corrected chi connectivity index (χ2v) is 8.78. The molecule has 34 heavy (non-hydrogen) atoms. The maximum Gasteiger partial charge on any atom is 0.417 e. The Bertz CT molecular complexity index is 1280. The standard InChI is InChI=1S/C23H21F5N4O2/c1-22(2)12-32-20(31(22)3)8-19(30-21(32)33)34-11-14-6-17(24)16(18(25)7-14)5-13-4-15(10-29-9-13)23(26,27)28/h4,6-10H,5,11-12H2,1-3H3. The summed E-state index contributed by atoms with van der Waals surface area (Å²) in [5.74, 6) is -1.23. The van der Waals surface area contributed by atoms with Crippen molar-refractivity contribution in [2.24, 2.45) is 0 Å². The summed E-state index contributed by atoms with van der Waals surface area (Å²) in [6, 6.07) is 4.46. The normalized spacial score (nSPS) is 14.9. The molecule has 2 aromatic heterocycles. The van der Waals surface area contributed by atoms with Crippen molar-refractivity contribution in [1.82, 2.24) is 14.5 Å². The van der Waals surface area contributed by atoms with E-state index in [-0.39, 0.29) is 34.7 Å². The van der Waals surface area contributed by atoms with Gasteiger partial charge in [0.25, 0.3) is 0 Å². The van der Waals surface area contributed by atoms with Crippen molar-refractivity contribution >= 4 is 5.82 Å². The first kappa shape index (κ1) is 23.7. The third kappa shape index (κ3) is 4.59. The number of aromatic nitrogens is 3. The van der Waals surface area contributed by atoms with Gasteiger partial charge >= 0.3 is 11.9 Å². The summed E-state index contributed by atoms with van der Waals surface area (Å²) < 4.78 is 74.9. The van der Waals surface area contributed by atoms with Crippen molar-refractivity contribution in [3.63, 3.8) is 0 Å². The van der Waals surface area contributed by atoms with E-state index >= 15 is 0 Å². The van der Waals surface area contributed by atoms with Gasteiger partial charge in [0.2, 0.25) is 5.88 Å². The second kappa shape index (κ2) is 8.37. The van der Waals surface area contributed by atoms with Crippen LogP contribution >= 0.6 is 0 Å². The molecule has 11 heteroatoms. The highest BCUT2D eigenvalue weighted by atomic mass is 19.4. The molecule has 0 atom stereocenters. The number of hydrogen-bond donors (Lipinski definition) is 0. The Morgan fingerprint density at radius 2 is 1.74 bits per heavy atom. The summed E-state index contributed by atoms with van der Waals surface area (Å²) >= 11 is 0. The highest BCUT2D eigenvalue weighted by Crippen LogP contribution is 2.32. The van der Waals surface area contributed by atoms with Gasteiger partial charge < -0.3 is 9.64 Å². The number of pyridine rings is 1. The third-order valence-corrected chi connectivity index (χ3v) is 5.85. The lowest BCUT2D eigenvalue weighted by atomic mass is 10.0. The average molecular weight is 480 g/mol. The van der Waals surface area contributed by atoms with Gasteiger partial charge in [-0.2, -0.15) is 18.2 Å². The highest BCUT2D eigenvalue weighted by Gasteiger charge is 2.35. The zero-order chi connectivity index (χ0) is 24.8. The van der Waals surface area contributed by atoms with Crippen LogP contribution in [0.5, 0.6) is 5.88 Å². The molecule has 1 aliphatic rings. The summed E-state index contributed by atoms with van der Waals surface area (Å²) in [6.07, 6.45) is -3.24. The van der Waals surface area contributed by atoms with Gasteiger partial charge in [-0.1, -0.05) is 0 Å². The molecule has 0 saturated carbocycles. The Kier molecular flexibility index (Phi) is 5.82. The van der Waals surface area contributed by atoms with E-state index in [0.29, 0.717) is 18.6 Å². The summed E-state index contributed by atoms with van der Waals surface area (Å²) in [7, 11) is 1.84. The smallest absolute Gasteiger partial charge is 0.417 e. The van der Waals surface area contributed by atoms with Gasteiger partial charge in [-0.05, 0) is 43.2 Å². The van der Waals surface area contributed by atoms with E-state index in [4.69, 9.17) is 4.74 Å². The molecule has 1 aromatic carbocycles. The fraction of sp³-hybridized carbons (Fsp3) is 0.348. The van der Waals surface area contributed by atoms with Crippen LogP contribution in [0.15, 0.2) is 41.5 Å². The molecule has 3 aromatic rings. The zero-order valence-corrected chi connectivity index (χ0v) is 18.6. The molecule has 0 fully saturated rings. The molecular weight excluding hydrogens is 459 g/mol. The lowest BCUT2D eigenvalue weighted by molar-refractivity contribution is -0.137. The van der Waals surface area contributed by atoms with Gasteiger partial charge in [0.05, 0.1) is 17.6 Å². The monoisotopic (exact) mass is 480 g/mol. The SMILES string of the molecule is CN1c2cc(OCc3cc(F)c(Cc4cncc(C(F)(F)F)c4)c(F)c3)nc(=O)n2CC1(C)C. The van der Waals surface area contributed by atoms with E-state index in [1.807, 2.05) is 25.8 Å². The van der Waals surface area contributed by atoms with Crippen molar-refractivity contribution in [3.8, 4) is 5.88 Å². The first-order valence-corrected chi connectivity index (χ1v) is 10.3. The number of rotatable bonds is 5. The second-order valence-electron chi connectivity index (χ2n) is 8.78. The summed E-state index contributed by atoms with van der Waals surface area (Å²) in [4.78, 5) is 21.6. The Labute approximate surface area is 191 Å². The number of ether oxygens (including phenoxy) is 1. The van der Waals surface area contributed by atoms with Crippen molar-refractivity contribution < 1.29 is 26.7 Å². The lowest BCUT2D eigenvalue weighted by Crippen LogP contribution is -2.38. The van der Waals surface area contributed by atoms with Crippen LogP contribution < -0.4 is 15.3 Å². The number of likely N-dealkylation sites (N-methyl/N-ethyl adjacent to an activating group) is 1. The summed E-state index contributed by atoms with van der Waals surface area (Å²) in [5, 5.41) is 0. The first-order valence-electron chi connectivity index (χ1n) is 10.3. The number of nitrogens with zero attached hydrogens (tertiary/aromatic N) is 4. The molecule has 0 radical (unpaired) electrons.